The fourth-order valence-corrected chi connectivity index (χ4v) is 3.16. The van der Waals surface area contributed by atoms with E-state index in [0.717, 1.165) is 25.0 Å². The topological polar surface area (TPSA) is 85.1 Å². The molecular weight excluding hydrogens is 314 g/mol. The van der Waals surface area contributed by atoms with Crippen molar-refractivity contribution in [1.82, 2.24) is 9.71 Å². The Morgan fingerprint density at radius 2 is 2.15 bits per heavy atom. The van der Waals surface area contributed by atoms with Gasteiger partial charge in [0.05, 0.1) is 5.69 Å². The van der Waals surface area contributed by atoms with E-state index in [9.17, 15) is 8.42 Å². The number of nitrogens with two attached hydrogens (primary N) is 1. The van der Waals surface area contributed by atoms with E-state index >= 15 is 0 Å². The number of unbranched alkanes of at least 4 members (excludes halogenated alkanes) is 2. The molecule has 0 unspecified atom stereocenters. The highest BCUT2D eigenvalue weighted by Crippen LogP contribution is 2.08. The third-order valence-electron chi connectivity index (χ3n) is 2.62. The molecule has 112 valence electrons. The zero-order valence-electron chi connectivity index (χ0n) is 11.3. The van der Waals surface area contributed by atoms with Crippen LogP contribution >= 0.6 is 24.0 Å². The number of hydrogen-bond acceptors (Lipinski definition) is 5. The summed E-state index contributed by atoms with van der Waals surface area (Å²) in [7, 11) is -3.50. The Labute approximate surface area is 129 Å². The van der Waals surface area contributed by atoms with Crippen molar-refractivity contribution in [3.8, 4) is 0 Å². The molecule has 0 fully saturated rings. The summed E-state index contributed by atoms with van der Waals surface area (Å²) in [6.07, 6.45) is 6.28. The SMILES string of the molecule is CSCCCCCNS(=O)(=O)c1ccc(C(N)=S)nc1. The van der Waals surface area contributed by atoms with Gasteiger partial charge in [-0.1, -0.05) is 18.6 Å². The minimum absolute atomic E-state index is 0.126. The van der Waals surface area contributed by atoms with Gasteiger partial charge in [-0.3, -0.25) is 4.98 Å². The number of rotatable bonds is 9. The minimum atomic E-state index is -3.50. The van der Waals surface area contributed by atoms with E-state index in [2.05, 4.69) is 16.0 Å². The first-order valence-corrected chi connectivity index (χ1v) is 9.50. The summed E-state index contributed by atoms with van der Waals surface area (Å²) in [5.74, 6) is 1.11. The van der Waals surface area contributed by atoms with Gasteiger partial charge in [-0.15, -0.1) is 0 Å². The number of pyridine rings is 1. The summed E-state index contributed by atoms with van der Waals surface area (Å²) in [4.78, 5) is 4.20. The summed E-state index contributed by atoms with van der Waals surface area (Å²) in [6, 6.07) is 2.97. The highest BCUT2D eigenvalue weighted by molar-refractivity contribution is 7.98. The molecule has 1 aromatic heterocycles. The zero-order valence-corrected chi connectivity index (χ0v) is 13.8. The third-order valence-corrected chi connectivity index (χ3v) is 4.97. The van der Waals surface area contributed by atoms with Crippen molar-refractivity contribution in [1.29, 1.82) is 0 Å². The van der Waals surface area contributed by atoms with Crippen LogP contribution in [0.5, 0.6) is 0 Å². The quantitative estimate of drug-likeness (QED) is 0.526. The predicted molar refractivity (Wildman–Crippen MR) is 87.5 cm³/mol. The van der Waals surface area contributed by atoms with Crippen LogP contribution < -0.4 is 10.5 Å². The lowest BCUT2D eigenvalue weighted by Crippen LogP contribution is -2.25. The first-order valence-electron chi connectivity index (χ1n) is 6.22. The molecule has 8 heteroatoms. The molecule has 1 heterocycles. The monoisotopic (exact) mass is 333 g/mol. The van der Waals surface area contributed by atoms with Gasteiger partial charge >= 0.3 is 0 Å². The van der Waals surface area contributed by atoms with Crippen LogP contribution in [-0.4, -0.2) is 36.9 Å². The smallest absolute Gasteiger partial charge is 0.242 e. The van der Waals surface area contributed by atoms with Crippen LogP contribution in [0.1, 0.15) is 25.0 Å². The van der Waals surface area contributed by atoms with E-state index < -0.39 is 10.0 Å². The lowest BCUT2D eigenvalue weighted by Gasteiger charge is -2.07. The average Bonchev–Trinajstić information content (AvgIpc) is 2.43. The third kappa shape index (κ3) is 5.74. The second kappa shape index (κ2) is 8.56. The van der Waals surface area contributed by atoms with Crippen molar-refractivity contribution in [2.75, 3.05) is 18.6 Å². The van der Waals surface area contributed by atoms with Gasteiger partial charge in [-0.2, -0.15) is 11.8 Å². The molecule has 1 aromatic rings. The van der Waals surface area contributed by atoms with Gasteiger partial charge in [0.25, 0.3) is 0 Å². The van der Waals surface area contributed by atoms with Gasteiger partial charge < -0.3 is 5.73 Å². The summed E-state index contributed by atoms with van der Waals surface area (Å²) in [5.41, 5.74) is 5.83. The summed E-state index contributed by atoms with van der Waals surface area (Å²) in [5, 5.41) is 0. The normalized spacial score (nSPS) is 11.4. The lowest BCUT2D eigenvalue weighted by atomic mass is 10.2. The number of nitrogens with one attached hydrogen (secondary N) is 1. The highest BCUT2D eigenvalue weighted by atomic mass is 32.2. The maximum atomic E-state index is 12.0. The standard InChI is InChI=1S/C12H19N3O2S3/c1-19-8-4-2-3-7-15-20(16,17)10-5-6-11(12(13)18)14-9-10/h5-6,9,15H,2-4,7-8H2,1H3,(H2,13,18). The summed E-state index contributed by atoms with van der Waals surface area (Å²) < 4.78 is 26.5. The van der Waals surface area contributed by atoms with Gasteiger partial charge in [-0.05, 0) is 37.0 Å². The van der Waals surface area contributed by atoms with Crippen molar-refractivity contribution >= 4 is 39.0 Å². The van der Waals surface area contributed by atoms with Crippen molar-refractivity contribution in [3.63, 3.8) is 0 Å². The van der Waals surface area contributed by atoms with E-state index in [1.807, 2.05) is 0 Å². The Hall–Kier alpha value is -0.700. The number of hydrogen-bond donors (Lipinski definition) is 2. The summed E-state index contributed by atoms with van der Waals surface area (Å²) >= 11 is 6.57. The van der Waals surface area contributed by atoms with E-state index in [-0.39, 0.29) is 9.88 Å². The van der Waals surface area contributed by atoms with E-state index in [1.54, 1.807) is 11.8 Å². The van der Waals surface area contributed by atoms with E-state index in [4.69, 9.17) is 18.0 Å². The maximum absolute atomic E-state index is 12.0. The average molecular weight is 334 g/mol. The second-order valence-corrected chi connectivity index (χ2v) is 7.39. The zero-order chi connectivity index (χ0) is 15.0. The first-order chi connectivity index (χ1) is 9.47. The van der Waals surface area contributed by atoms with E-state index in [0.29, 0.717) is 12.2 Å². The molecule has 0 amide bonds. The van der Waals surface area contributed by atoms with Crippen LogP contribution in [-0.2, 0) is 10.0 Å². The Morgan fingerprint density at radius 3 is 2.70 bits per heavy atom. The first kappa shape index (κ1) is 17.4. The summed E-state index contributed by atoms with van der Waals surface area (Å²) in [6.45, 7) is 0.438. The van der Waals surface area contributed by atoms with Crippen molar-refractivity contribution < 1.29 is 8.42 Å². The van der Waals surface area contributed by atoms with E-state index in [1.165, 1.54) is 18.3 Å². The molecule has 0 aliphatic rings. The number of nitrogens with zero attached hydrogens (tertiary/aromatic N) is 1. The van der Waals surface area contributed by atoms with Crippen LogP contribution in [0.15, 0.2) is 23.2 Å². The molecule has 0 radical (unpaired) electrons. The number of thioether (sulfide) groups is 1. The largest absolute Gasteiger partial charge is 0.388 e. The van der Waals surface area contributed by atoms with Gasteiger partial charge in [0.1, 0.15) is 9.88 Å². The lowest BCUT2D eigenvalue weighted by molar-refractivity contribution is 0.576. The number of sulfonamides is 1. The van der Waals surface area contributed by atoms with Gasteiger partial charge in [-0.25, -0.2) is 13.1 Å². The molecule has 0 saturated heterocycles. The molecule has 0 saturated carbocycles. The molecule has 0 aliphatic carbocycles. The van der Waals surface area contributed by atoms with Crippen LogP contribution in [0, 0.1) is 0 Å². The molecular formula is C12H19N3O2S3. The highest BCUT2D eigenvalue weighted by Gasteiger charge is 2.13. The predicted octanol–water partition coefficient (Wildman–Crippen LogP) is 1.53. The molecule has 1 rings (SSSR count). The molecule has 0 aromatic carbocycles. The maximum Gasteiger partial charge on any atom is 0.242 e. The molecule has 0 atom stereocenters. The number of thiocarbonyl (C=S) groups is 1. The fourth-order valence-electron chi connectivity index (χ4n) is 1.52. The Balaban J connectivity index is 2.49. The fraction of sp³-hybridized carbons (Fsp3) is 0.500. The Bertz CT molecular complexity index is 529. The van der Waals surface area contributed by atoms with Crippen molar-refractivity contribution in [3.05, 3.63) is 24.0 Å². The van der Waals surface area contributed by atoms with Crippen LogP contribution in [0.4, 0.5) is 0 Å². The Morgan fingerprint density at radius 1 is 1.40 bits per heavy atom. The molecule has 0 aliphatic heterocycles. The molecule has 0 spiro atoms. The van der Waals surface area contributed by atoms with Gasteiger partial charge in [0, 0.05) is 12.7 Å². The van der Waals surface area contributed by atoms with Gasteiger partial charge in [0.15, 0.2) is 0 Å². The minimum Gasteiger partial charge on any atom is -0.388 e. The molecule has 20 heavy (non-hydrogen) atoms. The molecule has 3 N–H and O–H groups in total. The van der Waals surface area contributed by atoms with Crippen LogP contribution in [0.2, 0.25) is 0 Å². The van der Waals surface area contributed by atoms with Crippen LogP contribution in [0.3, 0.4) is 0 Å². The van der Waals surface area contributed by atoms with Crippen molar-refractivity contribution in [2.45, 2.75) is 24.2 Å². The second-order valence-electron chi connectivity index (χ2n) is 4.19. The number of aromatic nitrogens is 1. The molecule has 0 bridgehead atoms. The molecule has 5 nitrogen and oxygen atoms in total. The van der Waals surface area contributed by atoms with Crippen molar-refractivity contribution in [2.24, 2.45) is 5.73 Å². The Kier molecular flexibility index (Phi) is 7.42. The van der Waals surface area contributed by atoms with Gasteiger partial charge in [0.2, 0.25) is 10.0 Å². The van der Waals surface area contributed by atoms with Crippen LogP contribution in [0.25, 0.3) is 0 Å².